The van der Waals surface area contributed by atoms with E-state index in [4.69, 9.17) is 4.74 Å². The molecule has 1 aromatic rings. The molecule has 0 aliphatic carbocycles. The third-order valence-corrected chi connectivity index (χ3v) is 3.21. The Morgan fingerprint density at radius 3 is 2.88 bits per heavy atom. The Morgan fingerprint density at radius 1 is 1.47 bits per heavy atom. The number of alkyl halides is 3. The molecule has 0 spiro atoms. The summed E-state index contributed by atoms with van der Waals surface area (Å²) >= 11 is 0.735. The smallest absolute Gasteiger partial charge is 0.381 e. The van der Waals surface area contributed by atoms with E-state index in [1.54, 1.807) is 0 Å². The lowest BCUT2D eigenvalue weighted by atomic mass is 10.1. The Balaban J connectivity index is 1.77. The zero-order valence-electron chi connectivity index (χ0n) is 8.96. The summed E-state index contributed by atoms with van der Waals surface area (Å²) in [5.41, 5.74) is 0. The predicted octanol–water partition coefficient (Wildman–Crippen LogP) is 2.40. The first-order chi connectivity index (χ1) is 8.05. The molecule has 17 heavy (non-hydrogen) atoms. The molecule has 1 saturated heterocycles. The monoisotopic (exact) mass is 267 g/mol. The third kappa shape index (κ3) is 3.53. The summed E-state index contributed by atoms with van der Waals surface area (Å²) in [5.74, 6) is -0.577. The molecule has 0 bridgehead atoms. The number of hydrogen-bond donors (Lipinski definition) is 1. The van der Waals surface area contributed by atoms with Gasteiger partial charge in [0.1, 0.15) is 0 Å². The van der Waals surface area contributed by atoms with Crippen LogP contribution in [0, 0.1) is 5.92 Å². The Hall–Kier alpha value is -0.890. The van der Waals surface area contributed by atoms with E-state index in [0.29, 0.717) is 12.5 Å². The van der Waals surface area contributed by atoms with Crippen molar-refractivity contribution in [2.24, 2.45) is 5.92 Å². The van der Waals surface area contributed by atoms with Crippen LogP contribution < -0.4 is 5.32 Å². The van der Waals surface area contributed by atoms with E-state index in [1.807, 2.05) is 0 Å². The van der Waals surface area contributed by atoms with Gasteiger partial charge in [-0.05, 0) is 18.8 Å². The lowest BCUT2D eigenvalue weighted by molar-refractivity contribution is -0.144. The van der Waals surface area contributed by atoms with Gasteiger partial charge in [0, 0.05) is 31.3 Å². The van der Waals surface area contributed by atoms with Gasteiger partial charge in [-0.1, -0.05) is 0 Å². The van der Waals surface area contributed by atoms with Crippen LogP contribution in [0.4, 0.5) is 18.3 Å². The summed E-state index contributed by atoms with van der Waals surface area (Å²) in [4.78, 5) is 3.39. The minimum atomic E-state index is -4.46. The molecule has 96 valence electrons. The van der Waals surface area contributed by atoms with Gasteiger partial charge in [0.25, 0.3) is 0 Å². The maximum atomic E-state index is 12.2. The molecule has 1 N–H and O–H groups in total. The van der Waals surface area contributed by atoms with Gasteiger partial charge >= 0.3 is 6.18 Å². The van der Waals surface area contributed by atoms with Gasteiger partial charge in [-0.2, -0.15) is 22.5 Å². The molecule has 0 aromatic carbocycles. The molecule has 1 unspecified atom stereocenters. The number of ether oxygens (including phenoxy) is 1. The summed E-state index contributed by atoms with van der Waals surface area (Å²) in [6.07, 6.45) is -2.57. The van der Waals surface area contributed by atoms with Crippen molar-refractivity contribution in [3.8, 4) is 0 Å². The summed E-state index contributed by atoms with van der Waals surface area (Å²) < 4.78 is 45.1. The number of hydrogen-bond acceptors (Lipinski definition) is 5. The summed E-state index contributed by atoms with van der Waals surface area (Å²) in [6.45, 7) is 2.12. The summed E-state index contributed by atoms with van der Waals surface area (Å²) in [6, 6.07) is 0. The third-order valence-electron chi connectivity index (χ3n) is 2.53. The first kappa shape index (κ1) is 12.6. The largest absolute Gasteiger partial charge is 0.452 e. The van der Waals surface area contributed by atoms with Crippen LogP contribution in [-0.2, 0) is 10.9 Å². The molecular formula is C9H12F3N3OS. The fraction of sp³-hybridized carbons (Fsp3) is 0.778. The van der Waals surface area contributed by atoms with Gasteiger partial charge < -0.3 is 10.1 Å². The number of halogens is 3. The molecule has 0 amide bonds. The highest BCUT2D eigenvalue weighted by molar-refractivity contribution is 7.09. The van der Waals surface area contributed by atoms with Gasteiger partial charge in [0.2, 0.25) is 11.0 Å². The highest BCUT2D eigenvalue weighted by atomic mass is 32.1. The van der Waals surface area contributed by atoms with Crippen molar-refractivity contribution in [1.29, 1.82) is 0 Å². The molecular weight excluding hydrogens is 255 g/mol. The lowest BCUT2D eigenvalue weighted by Gasteiger charge is -2.06. The number of rotatable bonds is 4. The Labute approximate surface area is 100 Å². The zero-order valence-corrected chi connectivity index (χ0v) is 9.77. The molecule has 0 radical (unpaired) electrons. The molecule has 1 aromatic heterocycles. The lowest BCUT2D eigenvalue weighted by Crippen LogP contribution is -2.10. The summed E-state index contributed by atoms with van der Waals surface area (Å²) in [5, 5.41) is 3.07. The molecule has 0 saturated carbocycles. The van der Waals surface area contributed by atoms with Crippen molar-refractivity contribution in [2.75, 3.05) is 25.1 Å². The zero-order chi connectivity index (χ0) is 12.3. The van der Waals surface area contributed by atoms with Gasteiger partial charge in [-0.25, -0.2) is 0 Å². The number of nitrogens with one attached hydrogen (secondary N) is 1. The maximum Gasteiger partial charge on any atom is 0.452 e. The second-order valence-corrected chi connectivity index (χ2v) is 4.62. The Kier molecular flexibility index (Phi) is 3.82. The van der Waals surface area contributed by atoms with E-state index in [0.717, 1.165) is 37.6 Å². The minimum absolute atomic E-state index is 0.219. The normalized spacial score (nSPS) is 20.8. The van der Waals surface area contributed by atoms with E-state index in [2.05, 4.69) is 14.7 Å². The molecule has 4 nitrogen and oxygen atoms in total. The first-order valence-corrected chi connectivity index (χ1v) is 6.05. The molecule has 2 rings (SSSR count). The van der Waals surface area contributed by atoms with Crippen LogP contribution >= 0.6 is 11.5 Å². The molecule has 1 aliphatic rings. The van der Waals surface area contributed by atoms with Gasteiger partial charge in [0.15, 0.2) is 0 Å². The van der Waals surface area contributed by atoms with Gasteiger partial charge in [0.05, 0.1) is 0 Å². The SMILES string of the molecule is FC(F)(F)c1nsc(NCCC2CCOC2)n1. The number of nitrogens with zero attached hydrogens (tertiary/aromatic N) is 2. The van der Waals surface area contributed by atoms with Crippen LogP contribution in [0.25, 0.3) is 0 Å². The van der Waals surface area contributed by atoms with Crippen molar-refractivity contribution in [2.45, 2.75) is 19.0 Å². The van der Waals surface area contributed by atoms with E-state index in [-0.39, 0.29) is 5.13 Å². The van der Waals surface area contributed by atoms with Crippen LogP contribution in [0.3, 0.4) is 0 Å². The second-order valence-electron chi connectivity index (χ2n) is 3.87. The topological polar surface area (TPSA) is 47.0 Å². The van der Waals surface area contributed by atoms with Crippen molar-refractivity contribution >= 4 is 16.7 Å². The minimum Gasteiger partial charge on any atom is -0.381 e. The highest BCUT2D eigenvalue weighted by Gasteiger charge is 2.36. The standard InChI is InChI=1S/C9H12F3N3OS/c10-9(11,12)7-14-8(17-15-7)13-3-1-6-2-4-16-5-6/h6H,1-5H2,(H,13,14,15). The van der Waals surface area contributed by atoms with Crippen LogP contribution in [0.5, 0.6) is 0 Å². The van der Waals surface area contributed by atoms with Crippen LogP contribution in [-0.4, -0.2) is 29.1 Å². The van der Waals surface area contributed by atoms with Crippen LogP contribution in [0.2, 0.25) is 0 Å². The van der Waals surface area contributed by atoms with E-state index in [9.17, 15) is 13.2 Å². The van der Waals surface area contributed by atoms with E-state index in [1.165, 1.54) is 0 Å². The Bertz CT molecular complexity index is 363. The van der Waals surface area contributed by atoms with Crippen molar-refractivity contribution < 1.29 is 17.9 Å². The maximum absolute atomic E-state index is 12.2. The summed E-state index contributed by atoms with van der Waals surface area (Å²) in [7, 11) is 0. The molecule has 1 aliphatic heterocycles. The fourth-order valence-corrected chi connectivity index (χ4v) is 2.22. The second kappa shape index (κ2) is 5.18. The average Bonchev–Trinajstić information content (AvgIpc) is 2.86. The van der Waals surface area contributed by atoms with E-state index < -0.39 is 12.0 Å². The van der Waals surface area contributed by atoms with Crippen LogP contribution in [0.15, 0.2) is 0 Å². The van der Waals surface area contributed by atoms with Crippen LogP contribution in [0.1, 0.15) is 18.7 Å². The van der Waals surface area contributed by atoms with Crippen molar-refractivity contribution in [3.05, 3.63) is 5.82 Å². The predicted molar refractivity (Wildman–Crippen MR) is 56.9 cm³/mol. The first-order valence-electron chi connectivity index (χ1n) is 5.28. The molecule has 1 atom stereocenters. The fourth-order valence-electron chi connectivity index (χ4n) is 1.60. The van der Waals surface area contributed by atoms with Crippen molar-refractivity contribution in [3.63, 3.8) is 0 Å². The van der Waals surface area contributed by atoms with Gasteiger partial charge in [-0.15, -0.1) is 0 Å². The molecule has 8 heteroatoms. The number of aromatic nitrogens is 2. The highest BCUT2D eigenvalue weighted by Crippen LogP contribution is 2.29. The van der Waals surface area contributed by atoms with Crippen molar-refractivity contribution in [1.82, 2.24) is 9.36 Å². The Morgan fingerprint density at radius 2 is 2.29 bits per heavy atom. The molecule has 2 heterocycles. The average molecular weight is 267 g/mol. The van der Waals surface area contributed by atoms with E-state index >= 15 is 0 Å². The quantitative estimate of drug-likeness (QED) is 0.910. The molecule has 1 fully saturated rings. The number of anilines is 1. The van der Waals surface area contributed by atoms with Gasteiger partial charge in [-0.3, -0.25) is 0 Å².